The summed E-state index contributed by atoms with van der Waals surface area (Å²) in [5, 5.41) is 2.54. The van der Waals surface area contributed by atoms with Gasteiger partial charge in [0.15, 0.2) is 0 Å². The summed E-state index contributed by atoms with van der Waals surface area (Å²) in [5.74, 6) is 0.131. The van der Waals surface area contributed by atoms with Gasteiger partial charge in [-0.1, -0.05) is 24.3 Å². The molecule has 0 aliphatic heterocycles. The molecule has 4 heteroatoms. The van der Waals surface area contributed by atoms with Crippen LogP contribution in [0.25, 0.3) is 5.57 Å². The molecule has 1 amide bonds. The fourth-order valence-corrected chi connectivity index (χ4v) is 1.96. The van der Waals surface area contributed by atoms with Crippen LogP contribution in [-0.2, 0) is 4.79 Å². The number of ether oxygens (including phenoxy) is 1. The number of methoxy groups -OCH3 is 1. The van der Waals surface area contributed by atoms with Crippen LogP contribution >= 0.6 is 0 Å². The fraction of sp³-hybridized carbons (Fsp3) is 0.118. The second-order valence-corrected chi connectivity index (χ2v) is 4.41. The molecular weight excluding hydrogens is 269 g/mol. The largest absolute Gasteiger partial charge is 0.497 e. The molecule has 0 aliphatic carbocycles. The summed E-state index contributed by atoms with van der Waals surface area (Å²) in [5.41, 5.74) is 2.10. The Morgan fingerprint density at radius 1 is 1.14 bits per heavy atom. The molecule has 0 radical (unpaired) electrons. The summed E-state index contributed by atoms with van der Waals surface area (Å²) in [6.45, 7) is 0. The van der Waals surface area contributed by atoms with Gasteiger partial charge in [-0.25, -0.2) is 4.39 Å². The van der Waals surface area contributed by atoms with E-state index < -0.39 is 0 Å². The predicted octanol–water partition coefficient (Wildman–Crippen LogP) is 3.01. The lowest BCUT2D eigenvalue weighted by atomic mass is 9.97. The number of halogens is 1. The fourth-order valence-electron chi connectivity index (χ4n) is 1.96. The van der Waals surface area contributed by atoms with Crippen molar-refractivity contribution in [1.29, 1.82) is 0 Å². The van der Waals surface area contributed by atoms with E-state index in [-0.39, 0.29) is 11.7 Å². The first-order valence-electron chi connectivity index (χ1n) is 6.48. The highest BCUT2D eigenvalue weighted by Gasteiger charge is 2.08. The van der Waals surface area contributed by atoms with Crippen LogP contribution in [0.1, 0.15) is 11.1 Å². The van der Waals surface area contributed by atoms with Crippen molar-refractivity contribution >= 4 is 11.5 Å². The summed E-state index contributed by atoms with van der Waals surface area (Å²) in [6, 6.07) is 13.4. The van der Waals surface area contributed by atoms with Crippen molar-refractivity contribution in [3.8, 4) is 5.75 Å². The van der Waals surface area contributed by atoms with Crippen LogP contribution in [-0.4, -0.2) is 20.1 Å². The van der Waals surface area contributed by atoms with Gasteiger partial charge in [-0.05, 0) is 41.0 Å². The van der Waals surface area contributed by atoms with Gasteiger partial charge in [0.25, 0.3) is 0 Å². The van der Waals surface area contributed by atoms with Crippen molar-refractivity contribution in [2.45, 2.75) is 0 Å². The number of carbonyl (C=O) groups excluding carboxylic acids is 1. The average molecular weight is 285 g/mol. The number of amides is 1. The van der Waals surface area contributed by atoms with Gasteiger partial charge in [0.05, 0.1) is 7.11 Å². The lowest BCUT2D eigenvalue weighted by Crippen LogP contribution is -2.15. The summed E-state index contributed by atoms with van der Waals surface area (Å²) in [7, 11) is 3.14. The smallest absolute Gasteiger partial charge is 0.244 e. The molecule has 3 nitrogen and oxygen atoms in total. The number of rotatable bonds is 4. The molecule has 21 heavy (non-hydrogen) atoms. The van der Waals surface area contributed by atoms with Crippen molar-refractivity contribution in [3.05, 3.63) is 71.6 Å². The Hall–Kier alpha value is -2.62. The van der Waals surface area contributed by atoms with Crippen LogP contribution in [0, 0.1) is 5.82 Å². The van der Waals surface area contributed by atoms with Crippen molar-refractivity contribution in [3.63, 3.8) is 0 Å². The summed E-state index contributed by atoms with van der Waals surface area (Å²) < 4.78 is 18.6. The summed E-state index contributed by atoms with van der Waals surface area (Å²) >= 11 is 0. The molecule has 0 saturated carbocycles. The van der Waals surface area contributed by atoms with Gasteiger partial charge in [-0.3, -0.25) is 4.79 Å². The lowest BCUT2D eigenvalue weighted by Gasteiger charge is -2.09. The Morgan fingerprint density at radius 3 is 2.43 bits per heavy atom. The third-order valence-electron chi connectivity index (χ3n) is 3.06. The van der Waals surface area contributed by atoms with E-state index in [1.165, 1.54) is 18.2 Å². The van der Waals surface area contributed by atoms with E-state index in [2.05, 4.69) is 5.32 Å². The van der Waals surface area contributed by atoms with Crippen LogP contribution in [0.2, 0.25) is 0 Å². The van der Waals surface area contributed by atoms with Crippen molar-refractivity contribution in [1.82, 2.24) is 5.32 Å². The number of benzene rings is 2. The normalized spacial score (nSPS) is 11.1. The molecular formula is C17H16FNO2. The van der Waals surface area contributed by atoms with Crippen molar-refractivity contribution in [2.75, 3.05) is 14.2 Å². The van der Waals surface area contributed by atoms with Gasteiger partial charge in [0.1, 0.15) is 11.6 Å². The molecule has 0 aromatic heterocycles. The maximum Gasteiger partial charge on any atom is 0.244 e. The minimum Gasteiger partial charge on any atom is -0.497 e. The average Bonchev–Trinajstić information content (AvgIpc) is 2.52. The van der Waals surface area contributed by atoms with E-state index in [4.69, 9.17) is 4.74 Å². The Kier molecular flexibility index (Phi) is 4.72. The topological polar surface area (TPSA) is 38.3 Å². The Morgan fingerprint density at radius 2 is 1.86 bits per heavy atom. The van der Waals surface area contributed by atoms with Crippen molar-refractivity contribution in [2.24, 2.45) is 0 Å². The van der Waals surface area contributed by atoms with Gasteiger partial charge in [0, 0.05) is 13.1 Å². The molecule has 0 bridgehead atoms. The number of nitrogens with one attached hydrogen (secondary N) is 1. The maximum absolute atomic E-state index is 13.4. The van der Waals surface area contributed by atoms with Gasteiger partial charge in [-0.2, -0.15) is 0 Å². The first-order valence-corrected chi connectivity index (χ1v) is 6.48. The minimum absolute atomic E-state index is 0.245. The Labute approximate surface area is 123 Å². The zero-order chi connectivity index (χ0) is 15.2. The Bertz CT molecular complexity index is 663. The van der Waals surface area contributed by atoms with Crippen LogP contribution in [0.3, 0.4) is 0 Å². The zero-order valence-electron chi connectivity index (χ0n) is 11.9. The van der Waals surface area contributed by atoms with Gasteiger partial charge >= 0.3 is 0 Å². The molecule has 0 saturated heterocycles. The van der Waals surface area contributed by atoms with E-state index >= 15 is 0 Å². The van der Waals surface area contributed by atoms with Gasteiger partial charge in [-0.15, -0.1) is 0 Å². The number of carbonyl (C=O) groups is 1. The van der Waals surface area contributed by atoms with Crippen molar-refractivity contribution < 1.29 is 13.9 Å². The molecule has 1 N–H and O–H groups in total. The monoisotopic (exact) mass is 285 g/mol. The van der Waals surface area contributed by atoms with Crippen LogP contribution < -0.4 is 10.1 Å². The molecule has 2 rings (SSSR count). The second kappa shape index (κ2) is 6.70. The standard InChI is InChI=1S/C17H16FNO2/c1-19-17(20)11-16(13-4-3-5-14(18)10-13)12-6-8-15(21-2)9-7-12/h3-11H,1-2H3,(H,19,20)/b16-11-. The molecule has 2 aromatic rings. The van der Waals surface area contributed by atoms with Crippen LogP contribution in [0.5, 0.6) is 5.75 Å². The first kappa shape index (κ1) is 14.8. The molecule has 0 spiro atoms. The molecule has 0 fully saturated rings. The summed E-state index contributed by atoms with van der Waals surface area (Å²) in [6.07, 6.45) is 1.45. The maximum atomic E-state index is 13.4. The quantitative estimate of drug-likeness (QED) is 0.877. The zero-order valence-corrected chi connectivity index (χ0v) is 11.9. The van der Waals surface area contributed by atoms with Crippen LogP contribution in [0.4, 0.5) is 4.39 Å². The third kappa shape index (κ3) is 3.69. The number of hydrogen-bond donors (Lipinski definition) is 1. The number of hydrogen-bond acceptors (Lipinski definition) is 2. The van der Waals surface area contributed by atoms with E-state index in [1.54, 1.807) is 38.4 Å². The third-order valence-corrected chi connectivity index (χ3v) is 3.06. The highest BCUT2D eigenvalue weighted by atomic mass is 19.1. The van der Waals surface area contributed by atoms with E-state index in [1.807, 2.05) is 12.1 Å². The highest BCUT2D eigenvalue weighted by molar-refractivity contribution is 5.99. The lowest BCUT2D eigenvalue weighted by molar-refractivity contribution is -0.116. The predicted molar refractivity (Wildman–Crippen MR) is 80.5 cm³/mol. The highest BCUT2D eigenvalue weighted by Crippen LogP contribution is 2.25. The molecule has 0 aliphatic rings. The SMILES string of the molecule is CNC(=O)/C=C(/c1ccc(OC)cc1)c1cccc(F)c1. The molecule has 2 aromatic carbocycles. The first-order chi connectivity index (χ1) is 10.1. The second-order valence-electron chi connectivity index (χ2n) is 4.41. The van der Waals surface area contributed by atoms with Gasteiger partial charge < -0.3 is 10.1 Å². The van der Waals surface area contributed by atoms with E-state index in [0.717, 1.165) is 11.3 Å². The van der Waals surface area contributed by atoms with E-state index in [9.17, 15) is 9.18 Å². The molecule has 0 unspecified atom stereocenters. The van der Waals surface area contributed by atoms with Crippen LogP contribution in [0.15, 0.2) is 54.6 Å². The summed E-state index contributed by atoms with van der Waals surface area (Å²) in [4.78, 5) is 11.7. The molecule has 108 valence electrons. The number of likely N-dealkylation sites (N-methyl/N-ethyl adjacent to an activating group) is 1. The molecule has 0 atom stereocenters. The minimum atomic E-state index is -0.344. The Balaban J connectivity index is 2.50. The molecule has 0 heterocycles. The van der Waals surface area contributed by atoms with E-state index in [0.29, 0.717) is 11.1 Å². The van der Waals surface area contributed by atoms with Gasteiger partial charge in [0.2, 0.25) is 5.91 Å².